The molecule has 0 radical (unpaired) electrons. The monoisotopic (exact) mass is 316 g/mol. The zero-order valence-electron chi connectivity index (χ0n) is 13.4. The predicted molar refractivity (Wildman–Crippen MR) is 91.1 cm³/mol. The first-order chi connectivity index (χ1) is 10.5. The van der Waals surface area contributed by atoms with Crippen LogP contribution in [0.2, 0.25) is 0 Å². The highest BCUT2D eigenvalue weighted by atomic mass is 31.1. The second-order valence-corrected chi connectivity index (χ2v) is 5.83. The maximum Gasteiger partial charge on any atom is 0.212 e. The maximum absolute atomic E-state index is 13.1. The van der Waals surface area contributed by atoms with Crippen LogP contribution in [-0.2, 0) is 6.42 Å². The van der Waals surface area contributed by atoms with Crippen molar-refractivity contribution in [2.24, 2.45) is 0 Å². The SMILES string of the molecule is CCc1cccc(OPO)c1C(=O)c1c(C)cc(C)cc1C. The minimum Gasteiger partial charge on any atom is -0.449 e. The second-order valence-electron chi connectivity index (χ2n) is 5.44. The number of aryl methyl sites for hydroxylation is 4. The molecule has 22 heavy (non-hydrogen) atoms. The maximum atomic E-state index is 13.1. The first-order valence-electron chi connectivity index (χ1n) is 7.30. The van der Waals surface area contributed by atoms with Gasteiger partial charge < -0.3 is 9.42 Å². The van der Waals surface area contributed by atoms with Crippen molar-refractivity contribution in [3.05, 3.63) is 63.7 Å². The highest BCUT2D eigenvalue weighted by Crippen LogP contribution is 2.31. The van der Waals surface area contributed by atoms with Gasteiger partial charge in [-0.3, -0.25) is 4.79 Å². The first-order valence-corrected chi connectivity index (χ1v) is 8.15. The Morgan fingerprint density at radius 2 is 1.77 bits per heavy atom. The summed E-state index contributed by atoms with van der Waals surface area (Å²) in [6.45, 7) is 7.94. The highest BCUT2D eigenvalue weighted by molar-refractivity contribution is 7.25. The first kappa shape index (κ1) is 16.7. The fraction of sp³-hybridized carbons (Fsp3) is 0.278. The molecule has 0 amide bonds. The average Bonchev–Trinajstić information content (AvgIpc) is 2.46. The van der Waals surface area contributed by atoms with Crippen molar-refractivity contribution >= 4 is 14.8 Å². The smallest absolute Gasteiger partial charge is 0.212 e. The largest absolute Gasteiger partial charge is 0.449 e. The number of rotatable bonds is 5. The fourth-order valence-electron chi connectivity index (χ4n) is 2.93. The molecule has 2 aromatic rings. The van der Waals surface area contributed by atoms with Gasteiger partial charge in [-0.25, -0.2) is 0 Å². The van der Waals surface area contributed by atoms with Crippen LogP contribution in [0.1, 0.15) is 45.1 Å². The molecule has 2 aromatic carbocycles. The van der Waals surface area contributed by atoms with E-state index in [1.165, 1.54) is 0 Å². The lowest BCUT2D eigenvalue weighted by Crippen LogP contribution is -2.10. The van der Waals surface area contributed by atoms with E-state index in [4.69, 9.17) is 9.42 Å². The van der Waals surface area contributed by atoms with E-state index in [0.29, 0.717) is 11.3 Å². The van der Waals surface area contributed by atoms with E-state index in [0.717, 1.165) is 34.2 Å². The van der Waals surface area contributed by atoms with Crippen LogP contribution in [0.15, 0.2) is 30.3 Å². The summed E-state index contributed by atoms with van der Waals surface area (Å²) in [5.41, 5.74) is 5.28. The molecular formula is C18H21O3P. The summed E-state index contributed by atoms with van der Waals surface area (Å²) in [5.74, 6) is 0.408. The van der Waals surface area contributed by atoms with Gasteiger partial charge in [0.05, 0.1) is 5.56 Å². The Morgan fingerprint density at radius 1 is 1.14 bits per heavy atom. The van der Waals surface area contributed by atoms with E-state index in [1.54, 1.807) is 6.07 Å². The van der Waals surface area contributed by atoms with Gasteiger partial charge in [0.1, 0.15) is 5.75 Å². The van der Waals surface area contributed by atoms with Crippen molar-refractivity contribution in [3.8, 4) is 5.75 Å². The van der Waals surface area contributed by atoms with Crippen molar-refractivity contribution < 1.29 is 14.2 Å². The van der Waals surface area contributed by atoms with Gasteiger partial charge in [0.25, 0.3) is 0 Å². The molecule has 0 aromatic heterocycles. The molecule has 0 aliphatic carbocycles. The normalized spacial score (nSPS) is 11.1. The molecule has 3 nitrogen and oxygen atoms in total. The third kappa shape index (κ3) is 3.21. The molecule has 4 heteroatoms. The number of benzene rings is 2. The van der Waals surface area contributed by atoms with Crippen LogP contribution in [0.5, 0.6) is 5.75 Å². The molecular weight excluding hydrogens is 295 g/mol. The number of carbonyl (C=O) groups excluding carboxylic acids is 1. The van der Waals surface area contributed by atoms with Crippen molar-refractivity contribution in [2.45, 2.75) is 34.1 Å². The minimum atomic E-state index is -0.680. The Balaban J connectivity index is 2.64. The van der Waals surface area contributed by atoms with Gasteiger partial charge in [0.15, 0.2) is 5.78 Å². The number of carbonyl (C=O) groups is 1. The fourth-order valence-corrected chi connectivity index (χ4v) is 3.19. The molecule has 2 rings (SSSR count). The van der Waals surface area contributed by atoms with Gasteiger partial charge >= 0.3 is 0 Å². The number of ketones is 1. The van der Waals surface area contributed by atoms with E-state index < -0.39 is 9.03 Å². The molecule has 116 valence electrons. The molecule has 1 unspecified atom stereocenters. The Labute approximate surface area is 133 Å². The van der Waals surface area contributed by atoms with Crippen LogP contribution in [0.3, 0.4) is 0 Å². The van der Waals surface area contributed by atoms with Crippen molar-refractivity contribution in [3.63, 3.8) is 0 Å². The standard InChI is InChI=1S/C18H21O3P/c1-5-14-7-6-8-15(21-22-20)17(14)18(19)16-12(3)9-11(2)10-13(16)4/h6-10,20,22H,5H2,1-4H3. The Kier molecular flexibility index (Phi) is 5.33. The Bertz CT molecular complexity index is 684. The molecule has 0 aliphatic rings. The van der Waals surface area contributed by atoms with Gasteiger partial charge in [-0.05, 0) is 49.9 Å². The van der Waals surface area contributed by atoms with Crippen LogP contribution in [-0.4, -0.2) is 10.7 Å². The summed E-state index contributed by atoms with van der Waals surface area (Å²) in [6, 6.07) is 9.54. The van der Waals surface area contributed by atoms with E-state index in [-0.39, 0.29) is 5.78 Å². The third-order valence-electron chi connectivity index (χ3n) is 3.78. The third-order valence-corrected chi connectivity index (χ3v) is 4.09. The molecule has 0 saturated heterocycles. The van der Waals surface area contributed by atoms with Gasteiger partial charge in [-0.1, -0.05) is 36.8 Å². The lowest BCUT2D eigenvalue weighted by Gasteiger charge is -2.15. The minimum absolute atomic E-state index is 0.0410. The van der Waals surface area contributed by atoms with E-state index in [2.05, 4.69) is 0 Å². The van der Waals surface area contributed by atoms with Crippen molar-refractivity contribution in [2.75, 3.05) is 0 Å². The lowest BCUT2D eigenvalue weighted by atomic mass is 9.90. The van der Waals surface area contributed by atoms with Gasteiger partial charge in [0, 0.05) is 5.56 Å². The van der Waals surface area contributed by atoms with E-state index in [1.807, 2.05) is 52.0 Å². The molecule has 0 bridgehead atoms. The molecule has 0 heterocycles. The van der Waals surface area contributed by atoms with Crippen LogP contribution < -0.4 is 4.52 Å². The second kappa shape index (κ2) is 7.04. The molecule has 1 atom stereocenters. The van der Waals surface area contributed by atoms with Gasteiger partial charge in [-0.15, -0.1) is 0 Å². The van der Waals surface area contributed by atoms with E-state index >= 15 is 0 Å². The Morgan fingerprint density at radius 3 is 2.32 bits per heavy atom. The molecule has 0 fully saturated rings. The van der Waals surface area contributed by atoms with Crippen molar-refractivity contribution in [1.29, 1.82) is 0 Å². The molecule has 1 N–H and O–H groups in total. The lowest BCUT2D eigenvalue weighted by molar-refractivity contribution is 0.103. The highest BCUT2D eigenvalue weighted by Gasteiger charge is 2.21. The summed E-state index contributed by atoms with van der Waals surface area (Å²) in [5, 5.41) is 0. The average molecular weight is 316 g/mol. The van der Waals surface area contributed by atoms with Crippen LogP contribution in [0, 0.1) is 20.8 Å². The molecule has 0 spiro atoms. The summed E-state index contributed by atoms with van der Waals surface area (Å²) < 4.78 is 5.29. The Hall–Kier alpha value is -1.70. The van der Waals surface area contributed by atoms with Gasteiger partial charge in [0.2, 0.25) is 9.03 Å². The van der Waals surface area contributed by atoms with Crippen LogP contribution in [0.4, 0.5) is 0 Å². The quantitative estimate of drug-likeness (QED) is 0.661. The summed E-state index contributed by atoms with van der Waals surface area (Å²) in [7, 11) is -0.680. The molecule has 0 saturated carbocycles. The zero-order chi connectivity index (χ0) is 16.3. The summed E-state index contributed by atoms with van der Waals surface area (Å²) in [6.07, 6.45) is 0.733. The zero-order valence-corrected chi connectivity index (χ0v) is 14.4. The topological polar surface area (TPSA) is 46.5 Å². The van der Waals surface area contributed by atoms with Gasteiger partial charge in [-0.2, -0.15) is 0 Å². The predicted octanol–water partition coefficient (Wildman–Crippen LogP) is 4.28. The van der Waals surface area contributed by atoms with Crippen LogP contribution >= 0.6 is 9.03 Å². The number of hydrogen-bond donors (Lipinski definition) is 1. The summed E-state index contributed by atoms with van der Waals surface area (Å²) >= 11 is 0. The van der Waals surface area contributed by atoms with Crippen LogP contribution in [0.25, 0.3) is 0 Å². The number of hydrogen-bond acceptors (Lipinski definition) is 3. The van der Waals surface area contributed by atoms with E-state index in [9.17, 15) is 4.79 Å². The van der Waals surface area contributed by atoms with Crippen molar-refractivity contribution in [1.82, 2.24) is 0 Å². The molecule has 0 aliphatic heterocycles. The summed E-state index contributed by atoms with van der Waals surface area (Å²) in [4.78, 5) is 22.2.